The van der Waals surface area contributed by atoms with Crippen molar-refractivity contribution in [3.63, 3.8) is 0 Å². The maximum atomic E-state index is 5.65. The molecule has 1 atom stereocenters. The smallest absolute Gasteiger partial charge is 0.125 e. The van der Waals surface area contributed by atoms with Crippen molar-refractivity contribution in [3.05, 3.63) is 23.9 Å². The average Bonchev–Trinajstić information content (AvgIpc) is 2.56. The molecule has 1 N–H and O–H groups in total. The van der Waals surface area contributed by atoms with Crippen LogP contribution in [-0.4, -0.2) is 42.2 Å². The number of aromatic nitrogens is 1. The van der Waals surface area contributed by atoms with Gasteiger partial charge in [0.1, 0.15) is 5.82 Å². The Bertz CT molecular complexity index is 353. The second kappa shape index (κ2) is 6.71. The molecule has 0 radical (unpaired) electrons. The summed E-state index contributed by atoms with van der Waals surface area (Å²) in [5.74, 6) is 0.953. The van der Waals surface area contributed by atoms with Gasteiger partial charge in [0.05, 0.1) is 6.10 Å². The van der Waals surface area contributed by atoms with Crippen LogP contribution < -0.4 is 5.32 Å². The summed E-state index contributed by atoms with van der Waals surface area (Å²) in [6.45, 7) is 9.10. The lowest BCUT2D eigenvalue weighted by atomic mass is 10.2. The third kappa shape index (κ3) is 3.96. The summed E-state index contributed by atoms with van der Waals surface area (Å²) < 4.78 is 5.65. The quantitative estimate of drug-likeness (QED) is 0.887. The zero-order chi connectivity index (χ0) is 12.8. The van der Waals surface area contributed by atoms with Crippen molar-refractivity contribution in [2.75, 3.05) is 31.6 Å². The molecule has 18 heavy (non-hydrogen) atoms. The Labute approximate surface area is 109 Å². The number of anilines is 1. The van der Waals surface area contributed by atoms with E-state index in [4.69, 9.17) is 4.74 Å². The summed E-state index contributed by atoms with van der Waals surface area (Å²) in [6.07, 6.45) is 3.42. The molecule has 4 heteroatoms. The van der Waals surface area contributed by atoms with Gasteiger partial charge in [0.25, 0.3) is 0 Å². The SMILES string of the molecule is CCNc1ccc(CN2CCCOC(C)C2)cn1. The van der Waals surface area contributed by atoms with E-state index >= 15 is 0 Å². The molecule has 2 heterocycles. The van der Waals surface area contributed by atoms with Gasteiger partial charge in [-0.1, -0.05) is 6.07 Å². The first-order valence-corrected chi connectivity index (χ1v) is 6.80. The average molecular weight is 249 g/mol. The highest BCUT2D eigenvalue weighted by Gasteiger charge is 2.14. The second-order valence-corrected chi connectivity index (χ2v) is 4.85. The molecule has 1 aromatic heterocycles. The topological polar surface area (TPSA) is 37.4 Å². The zero-order valence-corrected chi connectivity index (χ0v) is 11.4. The molecule has 1 aliphatic rings. The first-order valence-electron chi connectivity index (χ1n) is 6.80. The highest BCUT2D eigenvalue weighted by atomic mass is 16.5. The van der Waals surface area contributed by atoms with Crippen LogP contribution in [0.3, 0.4) is 0 Å². The van der Waals surface area contributed by atoms with Crippen LogP contribution in [0.15, 0.2) is 18.3 Å². The van der Waals surface area contributed by atoms with Crippen LogP contribution in [0.4, 0.5) is 5.82 Å². The molecule has 1 aromatic rings. The Balaban J connectivity index is 1.91. The monoisotopic (exact) mass is 249 g/mol. The van der Waals surface area contributed by atoms with Gasteiger partial charge < -0.3 is 10.1 Å². The van der Waals surface area contributed by atoms with Gasteiger partial charge in [-0.3, -0.25) is 4.90 Å². The Kier molecular flexibility index (Phi) is 4.96. The minimum Gasteiger partial charge on any atom is -0.377 e. The molecule has 1 aliphatic heterocycles. The molecule has 0 amide bonds. The highest BCUT2D eigenvalue weighted by molar-refractivity contribution is 5.35. The van der Waals surface area contributed by atoms with Crippen molar-refractivity contribution in [3.8, 4) is 0 Å². The number of rotatable bonds is 4. The van der Waals surface area contributed by atoms with Gasteiger partial charge in [-0.15, -0.1) is 0 Å². The van der Waals surface area contributed by atoms with Gasteiger partial charge in [-0.2, -0.15) is 0 Å². The third-order valence-electron chi connectivity index (χ3n) is 3.13. The van der Waals surface area contributed by atoms with E-state index < -0.39 is 0 Å². The van der Waals surface area contributed by atoms with Crippen LogP contribution >= 0.6 is 0 Å². The second-order valence-electron chi connectivity index (χ2n) is 4.85. The number of pyridine rings is 1. The predicted molar refractivity (Wildman–Crippen MR) is 73.7 cm³/mol. The first-order chi connectivity index (χ1) is 8.78. The van der Waals surface area contributed by atoms with Crippen molar-refractivity contribution in [2.45, 2.75) is 32.9 Å². The van der Waals surface area contributed by atoms with Crippen LogP contribution in [0, 0.1) is 0 Å². The van der Waals surface area contributed by atoms with Gasteiger partial charge >= 0.3 is 0 Å². The fourth-order valence-corrected chi connectivity index (χ4v) is 2.29. The number of nitrogens with zero attached hydrogens (tertiary/aromatic N) is 2. The summed E-state index contributed by atoms with van der Waals surface area (Å²) in [6, 6.07) is 4.21. The van der Waals surface area contributed by atoms with Crippen LogP contribution in [0.5, 0.6) is 0 Å². The van der Waals surface area contributed by atoms with Crippen LogP contribution in [0.2, 0.25) is 0 Å². The molecule has 0 saturated carbocycles. The van der Waals surface area contributed by atoms with Crippen molar-refractivity contribution in [1.82, 2.24) is 9.88 Å². The third-order valence-corrected chi connectivity index (χ3v) is 3.13. The molecule has 100 valence electrons. The molecule has 1 saturated heterocycles. The molecular formula is C14H23N3O. The molecule has 1 fully saturated rings. The summed E-state index contributed by atoms with van der Waals surface area (Å²) >= 11 is 0. The summed E-state index contributed by atoms with van der Waals surface area (Å²) in [7, 11) is 0. The van der Waals surface area contributed by atoms with Crippen LogP contribution in [0.25, 0.3) is 0 Å². The molecule has 0 aromatic carbocycles. The van der Waals surface area contributed by atoms with E-state index in [0.29, 0.717) is 6.10 Å². The normalized spacial score (nSPS) is 21.6. The number of hydrogen-bond acceptors (Lipinski definition) is 4. The largest absolute Gasteiger partial charge is 0.377 e. The van der Waals surface area contributed by atoms with E-state index in [2.05, 4.69) is 41.2 Å². The van der Waals surface area contributed by atoms with Crippen molar-refractivity contribution < 1.29 is 4.74 Å². The van der Waals surface area contributed by atoms with Gasteiger partial charge in [0, 0.05) is 39.0 Å². The Hall–Kier alpha value is -1.13. The molecule has 0 spiro atoms. The van der Waals surface area contributed by atoms with E-state index in [9.17, 15) is 0 Å². The van der Waals surface area contributed by atoms with E-state index in [1.165, 1.54) is 5.56 Å². The molecule has 1 unspecified atom stereocenters. The lowest BCUT2D eigenvalue weighted by Gasteiger charge is -2.21. The van der Waals surface area contributed by atoms with E-state index in [-0.39, 0.29) is 0 Å². The summed E-state index contributed by atoms with van der Waals surface area (Å²) in [4.78, 5) is 6.85. The van der Waals surface area contributed by atoms with Crippen molar-refractivity contribution >= 4 is 5.82 Å². The van der Waals surface area contributed by atoms with E-state index in [1.807, 2.05) is 6.20 Å². The van der Waals surface area contributed by atoms with Gasteiger partial charge in [0.15, 0.2) is 0 Å². The zero-order valence-electron chi connectivity index (χ0n) is 11.4. The van der Waals surface area contributed by atoms with E-state index in [0.717, 1.165) is 45.0 Å². The van der Waals surface area contributed by atoms with Crippen LogP contribution in [0.1, 0.15) is 25.8 Å². The maximum absolute atomic E-state index is 5.65. The maximum Gasteiger partial charge on any atom is 0.125 e. The minimum atomic E-state index is 0.335. The number of nitrogens with one attached hydrogen (secondary N) is 1. The van der Waals surface area contributed by atoms with E-state index in [1.54, 1.807) is 0 Å². The summed E-state index contributed by atoms with van der Waals surface area (Å²) in [5.41, 5.74) is 1.27. The molecule has 4 nitrogen and oxygen atoms in total. The van der Waals surface area contributed by atoms with Crippen molar-refractivity contribution in [1.29, 1.82) is 0 Å². The Morgan fingerprint density at radius 1 is 1.50 bits per heavy atom. The highest BCUT2D eigenvalue weighted by Crippen LogP contribution is 2.11. The molecule has 0 bridgehead atoms. The lowest BCUT2D eigenvalue weighted by molar-refractivity contribution is 0.0668. The van der Waals surface area contributed by atoms with Gasteiger partial charge in [-0.25, -0.2) is 4.98 Å². The summed E-state index contributed by atoms with van der Waals surface area (Å²) in [5, 5.41) is 3.21. The predicted octanol–water partition coefficient (Wildman–Crippen LogP) is 2.12. The number of hydrogen-bond donors (Lipinski definition) is 1. The van der Waals surface area contributed by atoms with Crippen molar-refractivity contribution in [2.24, 2.45) is 0 Å². The van der Waals surface area contributed by atoms with Gasteiger partial charge in [-0.05, 0) is 31.9 Å². The molecular weight excluding hydrogens is 226 g/mol. The Morgan fingerprint density at radius 3 is 3.11 bits per heavy atom. The fourth-order valence-electron chi connectivity index (χ4n) is 2.29. The first kappa shape index (κ1) is 13.3. The molecule has 0 aliphatic carbocycles. The number of ether oxygens (including phenoxy) is 1. The van der Waals surface area contributed by atoms with Gasteiger partial charge in [0.2, 0.25) is 0 Å². The fraction of sp³-hybridized carbons (Fsp3) is 0.643. The standard InChI is InChI=1S/C14H23N3O/c1-3-15-14-6-5-13(9-16-14)11-17-7-4-8-18-12(2)10-17/h5-6,9,12H,3-4,7-8,10-11H2,1-2H3,(H,15,16). The van der Waals surface area contributed by atoms with Crippen LogP contribution in [-0.2, 0) is 11.3 Å². The lowest BCUT2D eigenvalue weighted by Crippen LogP contribution is -2.29. The molecule has 2 rings (SSSR count). The Morgan fingerprint density at radius 2 is 2.39 bits per heavy atom. The minimum absolute atomic E-state index is 0.335.